The van der Waals surface area contributed by atoms with Crippen molar-refractivity contribution in [2.75, 3.05) is 61.4 Å². The van der Waals surface area contributed by atoms with Crippen LogP contribution in [-0.4, -0.2) is 66.3 Å². The smallest absolute Gasteiger partial charge is 0.0779 e. The highest BCUT2D eigenvalue weighted by atomic mass is 15.1. The number of quaternary nitrogens is 2. The second-order valence-electron chi connectivity index (χ2n) is 4.92. The standard InChI is InChI=1S/C11H27N3/c1-12(2)8-6-10-14(5)11-7-9-13(3)4/h6-11H2,1-5H3/p+2. The first-order valence-corrected chi connectivity index (χ1v) is 5.79. The van der Waals surface area contributed by atoms with Crippen LogP contribution in [0.4, 0.5) is 0 Å². The maximum atomic E-state index is 2.45. The summed E-state index contributed by atoms with van der Waals surface area (Å²) in [6.45, 7) is 5.05. The SMILES string of the molecule is CN(CCC[NH+](C)C)CCC[NH+](C)C. The average molecular weight is 203 g/mol. The normalized spacial score (nSPS) is 12.0. The van der Waals surface area contributed by atoms with Gasteiger partial charge in [-0.3, -0.25) is 0 Å². The topological polar surface area (TPSA) is 12.1 Å². The predicted molar refractivity (Wildman–Crippen MR) is 62.1 cm³/mol. The van der Waals surface area contributed by atoms with Crippen molar-refractivity contribution in [3.8, 4) is 0 Å². The van der Waals surface area contributed by atoms with Gasteiger partial charge >= 0.3 is 0 Å². The van der Waals surface area contributed by atoms with Crippen molar-refractivity contribution in [2.24, 2.45) is 0 Å². The molecule has 0 spiro atoms. The molecule has 2 N–H and O–H groups in total. The molecule has 0 aromatic carbocycles. The summed E-state index contributed by atoms with van der Waals surface area (Å²) in [5, 5.41) is 0. The van der Waals surface area contributed by atoms with Gasteiger partial charge in [-0.25, -0.2) is 0 Å². The first-order valence-electron chi connectivity index (χ1n) is 5.79. The fourth-order valence-corrected chi connectivity index (χ4v) is 1.52. The number of nitrogens with one attached hydrogen (secondary N) is 2. The lowest BCUT2D eigenvalue weighted by molar-refractivity contribution is -0.858. The van der Waals surface area contributed by atoms with Crippen molar-refractivity contribution in [1.29, 1.82) is 0 Å². The molecule has 0 aliphatic carbocycles. The van der Waals surface area contributed by atoms with Crippen LogP contribution in [0.2, 0.25) is 0 Å². The molecule has 0 aromatic heterocycles. The van der Waals surface area contributed by atoms with Crippen molar-refractivity contribution < 1.29 is 9.80 Å². The molecule has 0 fully saturated rings. The van der Waals surface area contributed by atoms with E-state index in [-0.39, 0.29) is 0 Å². The molecule has 0 atom stereocenters. The van der Waals surface area contributed by atoms with E-state index in [1.807, 2.05) is 0 Å². The minimum Gasteiger partial charge on any atom is -0.340 e. The molecule has 0 aliphatic rings. The van der Waals surface area contributed by atoms with Crippen LogP contribution in [0.5, 0.6) is 0 Å². The number of hydrogen-bond acceptors (Lipinski definition) is 1. The van der Waals surface area contributed by atoms with Gasteiger partial charge in [0.05, 0.1) is 41.3 Å². The molecule has 0 saturated heterocycles. The molecular formula is C11H29N3+2. The van der Waals surface area contributed by atoms with Crippen molar-refractivity contribution in [1.82, 2.24) is 4.90 Å². The zero-order valence-corrected chi connectivity index (χ0v) is 10.7. The summed E-state index contributed by atoms with van der Waals surface area (Å²) in [4.78, 5) is 5.55. The Bertz CT molecular complexity index is 110. The molecule has 0 rings (SSSR count). The van der Waals surface area contributed by atoms with E-state index in [1.165, 1.54) is 39.0 Å². The van der Waals surface area contributed by atoms with Crippen molar-refractivity contribution in [3.63, 3.8) is 0 Å². The van der Waals surface area contributed by atoms with Gasteiger partial charge in [-0.2, -0.15) is 0 Å². The molecular weight excluding hydrogens is 174 g/mol. The Kier molecular flexibility index (Phi) is 8.14. The summed E-state index contributed by atoms with van der Waals surface area (Å²) in [5.74, 6) is 0. The molecule has 14 heavy (non-hydrogen) atoms. The van der Waals surface area contributed by atoms with Crippen LogP contribution in [0.3, 0.4) is 0 Å². The van der Waals surface area contributed by atoms with E-state index in [0.29, 0.717) is 0 Å². The molecule has 0 unspecified atom stereocenters. The molecule has 3 heteroatoms. The van der Waals surface area contributed by atoms with Gasteiger partial charge in [0, 0.05) is 25.9 Å². The summed E-state index contributed by atoms with van der Waals surface area (Å²) in [6, 6.07) is 0. The van der Waals surface area contributed by atoms with Crippen molar-refractivity contribution in [3.05, 3.63) is 0 Å². The van der Waals surface area contributed by atoms with Crippen molar-refractivity contribution in [2.45, 2.75) is 12.8 Å². The minimum absolute atomic E-state index is 1.24. The first-order chi connectivity index (χ1) is 6.52. The fourth-order valence-electron chi connectivity index (χ4n) is 1.52. The lowest BCUT2D eigenvalue weighted by Crippen LogP contribution is -3.05. The Morgan fingerprint density at radius 3 is 1.43 bits per heavy atom. The third kappa shape index (κ3) is 9.96. The second kappa shape index (κ2) is 8.21. The Morgan fingerprint density at radius 2 is 1.14 bits per heavy atom. The molecule has 0 amide bonds. The van der Waals surface area contributed by atoms with E-state index in [9.17, 15) is 0 Å². The molecule has 3 nitrogen and oxygen atoms in total. The molecule has 0 radical (unpaired) electrons. The van der Waals surface area contributed by atoms with Crippen LogP contribution in [0, 0.1) is 0 Å². The van der Waals surface area contributed by atoms with E-state index in [0.717, 1.165) is 0 Å². The zero-order valence-electron chi connectivity index (χ0n) is 10.7. The van der Waals surface area contributed by atoms with Gasteiger partial charge in [0.1, 0.15) is 0 Å². The van der Waals surface area contributed by atoms with Gasteiger partial charge in [0.25, 0.3) is 0 Å². The van der Waals surface area contributed by atoms with Gasteiger partial charge in [0.2, 0.25) is 0 Å². The zero-order chi connectivity index (χ0) is 11.0. The summed E-state index contributed by atoms with van der Waals surface area (Å²) >= 11 is 0. The number of rotatable bonds is 8. The summed E-state index contributed by atoms with van der Waals surface area (Å²) in [5.41, 5.74) is 0. The largest absolute Gasteiger partial charge is 0.340 e. The van der Waals surface area contributed by atoms with Gasteiger partial charge in [-0.1, -0.05) is 0 Å². The highest BCUT2D eigenvalue weighted by molar-refractivity contribution is 4.50. The average Bonchev–Trinajstić information content (AvgIpc) is 2.02. The third-order valence-corrected chi connectivity index (χ3v) is 2.43. The summed E-state index contributed by atoms with van der Waals surface area (Å²) < 4.78 is 0. The second-order valence-corrected chi connectivity index (χ2v) is 4.92. The molecule has 0 saturated carbocycles. The fraction of sp³-hybridized carbons (Fsp3) is 1.00. The third-order valence-electron chi connectivity index (χ3n) is 2.43. The van der Waals surface area contributed by atoms with Crippen LogP contribution in [-0.2, 0) is 0 Å². The monoisotopic (exact) mass is 203 g/mol. The van der Waals surface area contributed by atoms with Crippen molar-refractivity contribution >= 4 is 0 Å². The first kappa shape index (κ1) is 13.9. The molecule has 0 heterocycles. The van der Waals surface area contributed by atoms with E-state index < -0.39 is 0 Å². The van der Waals surface area contributed by atoms with Gasteiger partial charge in [-0.05, 0) is 7.05 Å². The van der Waals surface area contributed by atoms with E-state index >= 15 is 0 Å². The Labute approximate surface area is 89.7 Å². The van der Waals surface area contributed by atoms with Crippen LogP contribution in [0.1, 0.15) is 12.8 Å². The van der Waals surface area contributed by atoms with Crippen LogP contribution < -0.4 is 9.80 Å². The van der Waals surface area contributed by atoms with Gasteiger partial charge in [0.15, 0.2) is 0 Å². The molecule has 0 bridgehead atoms. The van der Waals surface area contributed by atoms with E-state index in [4.69, 9.17) is 0 Å². The summed E-state index contributed by atoms with van der Waals surface area (Å²) in [6.07, 6.45) is 2.63. The van der Waals surface area contributed by atoms with Crippen LogP contribution >= 0.6 is 0 Å². The minimum atomic E-state index is 1.24. The van der Waals surface area contributed by atoms with Gasteiger partial charge < -0.3 is 14.7 Å². The van der Waals surface area contributed by atoms with E-state index in [1.54, 1.807) is 9.80 Å². The molecule has 0 aliphatic heterocycles. The van der Waals surface area contributed by atoms with E-state index in [2.05, 4.69) is 40.1 Å². The quantitative estimate of drug-likeness (QED) is 0.464. The molecule has 0 aromatic rings. The summed E-state index contributed by atoms with van der Waals surface area (Å²) in [7, 11) is 11.1. The highest BCUT2D eigenvalue weighted by Crippen LogP contribution is 1.87. The lowest BCUT2D eigenvalue weighted by atomic mass is 10.3. The van der Waals surface area contributed by atoms with Gasteiger partial charge in [-0.15, -0.1) is 0 Å². The Balaban J connectivity index is 3.23. The number of hydrogen-bond donors (Lipinski definition) is 2. The lowest BCUT2D eigenvalue weighted by Gasteiger charge is -2.17. The predicted octanol–water partition coefficient (Wildman–Crippen LogP) is -2.01. The maximum Gasteiger partial charge on any atom is 0.0779 e. The van der Waals surface area contributed by atoms with Crippen LogP contribution in [0.15, 0.2) is 0 Å². The number of nitrogens with zero attached hydrogens (tertiary/aromatic N) is 1. The highest BCUT2D eigenvalue weighted by Gasteiger charge is 2.01. The maximum absolute atomic E-state index is 2.45. The Hall–Kier alpha value is -0.120. The Morgan fingerprint density at radius 1 is 0.786 bits per heavy atom. The van der Waals surface area contributed by atoms with Crippen LogP contribution in [0.25, 0.3) is 0 Å². The molecule has 86 valence electrons.